The maximum Gasteiger partial charge on any atom is 0.259 e. The Morgan fingerprint density at radius 1 is 1.41 bits per heavy atom. The molecule has 1 unspecified atom stereocenters. The van der Waals surface area contributed by atoms with Gasteiger partial charge in [0.25, 0.3) is 5.91 Å². The first kappa shape index (κ1) is 13.5. The van der Waals surface area contributed by atoms with Gasteiger partial charge in [-0.05, 0) is 19.3 Å². The molecule has 0 spiro atoms. The standard InChI is InChI=1S/C13H20N2O2/c1-9(2)7-10(3)15(4)13(17)11-8-14-6-5-12(11)16/h5-6,8-10H,7H2,1-4H3,(H,14,16). The van der Waals surface area contributed by atoms with Gasteiger partial charge in [-0.15, -0.1) is 0 Å². The van der Waals surface area contributed by atoms with Crippen molar-refractivity contribution in [2.24, 2.45) is 5.92 Å². The second-order valence-corrected chi connectivity index (χ2v) is 4.82. The van der Waals surface area contributed by atoms with Gasteiger partial charge in [0.05, 0.1) is 0 Å². The van der Waals surface area contributed by atoms with E-state index in [0.717, 1.165) is 6.42 Å². The van der Waals surface area contributed by atoms with Gasteiger partial charge < -0.3 is 9.88 Å². The molecule has 1 heterocycles. The lowest BCUT2D eigenvalue weighted by Gasteiger charge is -2.26. The molecule has 0 aliphatic rings. The van der Waals surface area contributed by atoms with Crippen LogP contribution in [0.25, 0.3) is 0 Å². The molecule has 1 aromatic rings. The van der Waals surface area contributed by atoms with E-state index in [-0.39, 0.29) is 22.9 Å². The summed E-state index contributed by atoms with van der Waals surface area (Å²) in [6.07, 6.45) is 3.91. The third-order valence-electron chi connectivity index (χ3n) is 2.85. The molecule has 0 fully saturated rings. The maximum atomic E-state index is 12.1. The van der Waals surface area contributed by atoms with Crippen molar-refractivity contribution >= 4 is 5.91 Å². The van der Waals surface area contributed by atoms with Crippen LogP contribution in [0.1, 0.15) is 37.6 Å². The number of nitrogens with zero attached hydrogens (tertiary/aromatic N) is 1. The monoisotopic (exact) mass is 236 g/mol. The van der Waals surface area contributed by atoms with E-state index in [2.05, 4.69) is 18.8 Å². The Hall–Kier alpha value is -1.58. The van der Waals surface area contributed by atoms with Crippen LogP contribution in [0.5, 0.6) is 0 Å². The number of aromatic amines is 1. The average Bonchev–Trinajstić information content (AvgIpc) is 2.27. The lowest BCUT2D eigenvalue weighted by molar-refractivity contribution is 0.0726. The zero-order valence-electron chi connectivity index (χ0n) is 10.9. The normalized spacial score (nSPS) is 12.5. The molecule has 1 aromatic heterocycles. The Morgan fingerprint density at radius 2 is 2.06 bits per heavy atom. The van der Waals surface area contributed by atoms with Crippen LogP contribution in [-0.2, 0) is 0 Å². The van der Waals surface area contributed by atoms with Crippen molar-refractivity contribution in [1.29, 1.82) is 0 Å². The lowest BCUT2D eigenvalue weighted by atomic mass is 10.0. The minimum Gasteiger partial charge on any atom is -0.367 e. The van der Waals surface area contributed by atoms with Crippen LogP contribution in [0.2, 0.25) is 0 Å². The molecule has 0 bridgehead atoms. The van der Waals surface area contributed by atoms with E-state index in [0.29, 0.717) is 5.92 Å². The van der Waals surface area contributed by atoms with Gasteiger partial charge in [0.2, 0.25) is 0 Å². The minimum absolute atomic E-state index is 0.127. The molecule has 17 heavy (non-hydrogen) atoms. The van der Waals surface area contributed by atoms with E-state index in [4.69, 9.17) is 0 Å². The summed E-state index contributed by atoms with van der Waals surface area (Å²) in [4.78, 5) is 28.0. The molecule has 1 rings (SSSR count). The van der Waals surface area contributed by atoms with Gasteiger partial charge >= 0.3 is 0 Å². The first-order valence-electron chi connectivity index (χ1n) is 5.87. The number of carbonyl (C=O) groups is 1. The van der Waals surface area contributed by atoms with Crippen LogP contribution in [0.15, 0.2) is 23.3 Å². The number of hydrogen-bond acceptors (Lipinski definition) is 2. The Balaban J connectivity index is 2.84. The third kappa shape index (κ3) is 3.44. The summed E-state index contributed by atoms with van der Waals surface area (Å²) >= 11 is 0. The first-order valence-corrected chi connectivity index (χ1v) is 5.87. The number of nitrogens with one attached hydrogen (secondary N) is 1. The highest BCUT2D eigenvalue weighted by atomic mass is 16.2. The number of H-pyrrole nitrogens is 1. The van der Waals surface area contributed by atoms with Crippen LogP contribution in [0.3, 0.4) is 0 Å². The number of amides is 1. The molecule has 1 amide bonds. The second-order valence-electron chi connectivity index (χ2n) is 4.82. The predicted octanol–water partition coefficient (Wildman–Crippen LogP) is 1.88. The zero-order valence-corrected chi connectivity index (χ0v) is 10.9. The highest BCUT2D eigenvalue weighted by molar-refractivity contribution is 5.93. The van der Waals surface area contributed by atoms with Crippen molar-refractivity contribution in [2.75, 3.05) is 7.05 Å². The highest BCUT2D eigenvalue weighted by Crippen LogP contribution is 2.11. The van der Waals surface area contributed by atoms with Crippen molar-refractivity contribution in [3.63, 3.8) is 0 Å². The van der Waals surface area contributed by atoms with E-state index in [1.165, 1.54) is 18.5 Å². The molecule has 1 atom stereocenters. The van der Waals surface area contributed by atoms with Crippen LogP contribution in [0, 0.1) is 5.92 Å². The van der Waals surface area contributed by atoms with Gasteiger partial charge in [0, 0.05) is 31.5 Å². The van der Waals surface area contributed by atoms with E-state index in [1.54, 1.807) is 11.9 Å². The third-order valence-corrected chi connectivity index (χ3v) is 2.85. The maximum absolute atomic E-state index is 12.1. The molecule has 4 nitrogen and oxygen atoms in total. The first-order chi connectivity index (χ1) is 7.93. The fourth-order valence-corrected chi connectivity index (χ4v) is 1.81. The van der Waals surface area contributed by atoms with Crippen molar-refractivity contribution in [1.82, 2.24) is 9.88 Å². The number of rotatable bonds is 4. The largest absolute Gasteiger partial charge is 0.367 e. The van der Waals surface area contributed by atoms with E-state index < -0.39 is 0 Å². The summed E-state index contributed by atoms with van der Waals surface area (Å²) in [5, 5.41) is 0. The fourth-order valence-electron chi connectivity index (χ4n) is 1.81. The zero-order chi connectivity index (χ0) is 13.0. The Kier molecular flexibility index (Phi) is 4.49. The summed E-state index contributed by atoms with van der Waals surface area (Å²) in [5.74, 6) is 0.300. The van der Waals surface area contributed by atoms with Gasteiger partial charge in [-0.1, -0.05) is 13.8 Å². The molecule has 1 N–H and O–H groups in total. The number of aromatic nitrogens is 1. The Labute approximate surface area is 102 Å². The summed E-state index contributed by atoms with van der Waals surface area (Å²) in [7, 11) is 1.74. The molecule has 0 saturated heterocycles. The van der Waals surface area contributed by atoms with Gasteiger partial charge in [-0.3, -0.25) is 9.59 Å². The predicted molar refractivity (Wildman–Crippen MR) is 68.1 cm³/mol. The van der Waals surface area contributed by atoms with Crippen LogP contribution >= 0.6 is 0 Å². The quantitative estimate of drug-likeness (QED) is 0.867. The summed E-state index contributed by atoms with van der Waals surface area (Å²) in [5.41, 5.74) is -0.0389. The molecule has 0 saturated carbocycles. The molecular formula is C13H20N2O2. The van der Waals surface area contributed by atoms with Crippen molar-refractivity contribution < 1.29 is 4.79 Å². The van der Waals surface area contributed by atoms with Gasteiger partial charge in [-0.2, -0.15) is 0 Å². The number of pyridine rings is 1. The number of hydrogen-bond donors (Lipinski definition) is 1. The molecule has 0 aliphatic heterocycles. The van der Waals surface area contributed by atoms with Crippen molar-refractivity contribution in [3.8, 4) is 0 Å². The van der Waals surface area contributed by atoms with Crippen LogP contribution < -0.4 is 5.43 Å². The van der Waals surface area contributed by atoms with Crippen molar-refractivity contribution in [2.45, 2.75) is 33.2 Å². The van der Waals surface area contributed by atoms with E-state index in [9.17, 15) is 9.59 Å². The summed E-state index contributed by atoms with van der Waals surface area (Å²) in [6, 6.07) is 1.50. The Morgan fingerprint density at radius 3 is 2.59 bits per heavy atom. The summed E-state index contributed by atoms with van der Waals surface area (Å²) < 4.78 is 0. The SMILES string of the molecule is CC(C)CC(C)N(C)C(=O)c1c[nH]ccc1=O. The van der Waals surface area contributed by atoms with Gasteiger partial charge in [0.15, 0.2) is 5.43 Å². The molecule has 0 aromatic carbocycles. The lowest BCUT2D eigenvalue weighted by Crippen LogP contribution is -2.38. The fraction of sp³-hybridized carbons (Fsp3) is 0.538. The minimum atomic E-state index is -0.239. The van der Waals surface area contributed by atoms with E-state index >= 15 is 0 Å². The average molecular weight is 236 g/mol. The Bertz CT molecular complexity index is 437. The molecule has 94 valence electrons. The molecular weight excluding hydrogens is 216 g/mol. The molecule has 0 aliphatic carbocycles. The number of carbonyl (C=O) groups excluding carboxylic acids is 1. The van der Waals surface area contributed by atoms with Gasteiger partial charge in [-0.25, -0.2) is 0 Å². The van der Waals surface area contributed by atoms with Gasteiger partial charge in [0.1, 0.15) is 5.56 Å². The van der Waals surface area contributed by atoms with Crippen LogP contribution in [0.4, 0.5) is 0 Å². The topological polar surface area (TPSA) is 53.2 Å². The smallest absolute Gasteiger partial charge is 0.259 e. The second kappa shape index (κ2) is 5.66. The molecule has 4 heteroatoms. The van der Waals surface area contributed by atoms with E-state index in [1.807, 2.05) is 6.92 Å². The summed E-state index contributed by atoms with van der Waals surface area (Å²) in [6.45, 7) is 6.23. The van der Waals surface area contributed by atoms with Crippen LogP contribution in [-0.4, -0.2) is 28.9 Å². The molecule has 0 radical (unpaired) electrons. The highest BCUT2D eigenvalue weighted by Gasteiger charge is 2.20. The van der Waals surface area contributed by atoms with Crippen molar-refractivity contribution in [3.05, 3.63) is 34.2 Å².